The molecule has 0 saturated heterocycles. The maximum Gasteiger partial charge on any atom is 0.122 e. The van der Waals surface area contributed by atoms with Gasteiger partial charge in [-0.25, -0.2) is 9.97 Å². The zero-order valence-electron chi connectivity index (χ0n) is 15.5. The molecule has 7 heteroatoms. The van der Waals surface area contributed by atoms with Gasteiger partial charge in [0.2, 0.25) is 0 Å². The molecule has 0 fully saturated rings. The number of benzene rings is 2. The number of ether oxygens (including phenoxy) is 1. The minimum Gasteiger partial charge on any atom is -0.486 e. The minimum atomic E-state index is -0.152. The maximum absolute atomic E-state index is 6.26. The molecule has 3 aromatic heterocycles. The van der Waals surface area contributed by atoms with Gasteiger partial charge in [0.05, 0.1) is 17.2 Å². The number of aromatic nitrogens is 6. The molecule has 0 bridgehead atoms. The van der Waals surface area contributed by atoms with Crippen LogP contribution in [0.5, 0.6) is 5.75 Å². The molecule has 5 aromatic rings. The van der Waals surface area contributed by atoms with Crippen LogP contribution in [0.3, 0.4) is 0 Å². The van der Waals surface area contributed by atoms with E-state index in [1.165, 1.54) is 0 Å². The van der Waals surface area contributed by atoms with Gasteiger partial charge < -0.3 is 4.74 Å². The largest absolute Gasteiger partial charge is 0.486 e. The fourth-order valence-corrected chi connectivity index (χ4v) is 3.48. The van der Waals surface area contributed by atoms with Crippen LogP contribution in [0, 0.1) is 0 Å². The molecule has 1 atom stereocenters. The van der Waals surface area contributed by atoms with Gasteiger partial charge in [-0.1, -0.05) is 12.1 Å². The van der Waals surface area contributed by atoms with Crippen LogP contribution in [0.1, 0.15) is 18.6 Å². The Kier molecular flexibility index (Phi) is 3.79. The second-order valence-electron chi connectivity index (χ2n) is 6.75. The summed E-state index contributed by atoms with van der Waals surface area (Å²) in [4.78, 5) is 8.48. The third-order valence-corrected chi connectivity index (χ3v) is 4.85. The standard InChI is InChI=1S/C21H18N6O/c1-13(16-4-3-5-19-18(16)10-22-12-23-19)28-15-6-7-20-17(8-15)21(26-25-20)14-9-24-27(2)11-14/h3-13H,1-2H3,(H,25,26). The summed E-state index contributed by atoms with van der Waals surface area (Å²) in [6.07, 6.45) is 6.99. The average Bonchev–Trinajstić information content (AvgIpc) is 3.33. The SMILES string of the molecule is CC(Oc1ccc2[nH]nc(-c3cnn(C)c3)c2c1)c1cccc2ncncc12. The first-order chi connectivity index (χ1) is 13.7. The molecule has 0 saturated carbocycles. The molecule has 0 spiro atoms. The van der Waals surface area contributed by atoms with Gasteiger partial charge in [-0.05, 0) is 31.2 Å². The van der Waals surface area contributed by atoms with Crippen molar-refractivity contribution in [1.82, 2.24) is 29.9 Å². The topological polar surface area (TPSA) is 81.5 Å². The fourth-order valence-electron chi connectivity index (χ4n) is 3.48. The third kappa shape index (κ3) is 2.77. The van der Waals surface area contributed by atoms with Gasteiger partial charge in [0, 0.05) is 41.3 Å². The highest BCUT2D eigenvalue weighted by molar-refractivity contribution is 5.93. The van der Waals surface area contributed by atoms with Gasteiger partial charge in [0.15, 0.2) is 0 Å². The Labute approximate surface area is 161 Å². The number of aromatic amines is 1. The molecule has 5 rings (SSSR count). The van der Waals surface area contributed by atoms with E-state index in [9.17, 15) is 0 Å². The van der Waals surface area contributed by atoms with Gasteiger partial charge in [0.25, 0.3) is 0 Å². The van der Waals surface area contributed by atoms with Crippen LogP contribution in [0.15, 0.2) is 61.3 Å². The molecule has 1 N–H and O–H groups in total. The molecule has 2 aromatic carbocycles. The van der Waals surface area contributed by atoms with E-state index in [2.05, 4.69) is 25.3 Å². The van der Waals surface area contributed by atoms with Crippen molar-refractivity contribution >= 4 is 21.8 Å². The highest BCUT2D eigenvalue weighted by Gasteiger charge is 2.14. The number of nitrogens with one attached hydrogen (secondary N) is 1. The number of hydrogen-bond donors (Lipinski definition) is 1. The quantitative estimate of drug-likeness (QED) is 0.516. The van der Waals surface area contributed by atoms with Gasteiger partial charge in [-0.3, -0.25) is 9.78 Å². The number of H-pyrrole nitrogens is 1. The molecular weight excluding hydrogens is 352 g/mol. The van der Waals surface area contributed by atoms with Crippen molar-refractivity contribution in [2.45, 2.75) is 13.0 Å². The van der Waals surface area contributed by atoms with Gasteiger partial charge in [0.1, 0.15) is 23.9 Å². The zero-order valence-corrected chi connectivity index (χ0v) is 15.5. The Morgan fingerprint density at radius 1 is 1.11 bits per heavy atom. The summed E-state index contributed by atoms with van der Waals surface area (Å²) in [6.45, 7) is 2.03. The number of nitrogens with zero attached hydrogens (tertiary/aromatic N) is 5. The predicted octanol–water partition coefficient (Wildman–Crippen LogP) is 4.05. The van der Waals surface area contributed by atoms with E-state index < -0.39 is 0 Å². The van der Waals surface area contributed by atoms with Crippen LogP contribution in [0.2, 0.25) is 0 Å². The van der Waals surface area contributed by atoms with Crippen LogP contribution in [0.25, 0.3) is 33.1 Å². The van der Waals surface area contributed by atoms with Crippen molar-refractivity contribution in [3.8, 4) is 17.0 Å². The summed E-state index contributed by atoms with van der Waals surface area (Å²) < 4.78 is 8.03. The number of rotatable bonds is 4. The summed E-state index contributed by atoms with van der Waals surface area (Å²) in [7, 11) is 1.89. The highest BCUT2D eigenvalue weighted by Crippen LogP contribution is 2.32. The second-order valence-corrected chi connectivity index (χ2v) is 6.75. The maximum atomic E-state index is 6.26. The van der Waals surface area contributed by atoms with Crippen molar-refractivity contribution in [1.29, 1.82) is 0 Å². The Hall–Kier alpha value is -3.74. The Bertz CT molecular complexity index is 1280. The first-order valence-corrected chi connectivity index (χ1v) is 9.01. The molecule has 0 amide bonds. The Balaban J connectivity index is 1.51. The van der Waals surface area contributed by atoms with E-state index in [0.29, 0.717) is 0 Å². The zero-order chi connectivity index (χ0) is 19.1. The molecule has 1 unspecified atom stereocenters. The monoisotopic (exact) mass is 370 g/mol. The van der Waals surface area contributed by atoms with Crippen LogP contribution in [0.4, 0.5) is 0 Å². The van der Waals surface area contributed by atoms with E-state index in [1.54, 1.807) is 11.0 Å². The van der Waals surface area contributed by atoms with Crippen molar-refractivity contribution in [3.05, 3.63) is 66.9 Å². The van der Waals surface area contributed by atoms with Crippen molar-refractivity contribution in [2.24, 2.45) is 7.05 Å². The summed E-state index contributed by atoms with van der Waals surface area (Å²) >= 11 is 0. The molecule has 7 nitrogen and oxygen atoms in total. The van der Waals surface area contributed by atoms with E-state index in [0.717, 1.165) is 44.4 Å². The van der Waals surface area contributed by atoms with Crippen LogP contribution in [-0.2, 0) is 7.05 Å². The van der Waals surface area contributed by atoms with Gasteiger partial charge in [-0.15, -0.1) is 0 Å². The van der Waals surface area contributed by atoms with Gasteiger partial charge in [-0.2, -0.15) is 10.2 Å². The number of hydrogen-bond acceptors (Lipinski definition) is 5. The Morgan fingerprint density at radius 2 is 2.04 bits per heavy atom. The lowest BCUT2D eigenvalue weighted by atomic mass is 10.1. The lowest BCUT2D eigenvalue weighted by molar-refractivity contribution is 0.229. The normalized spacial score (nSPS) is 12.5. The van der Waals surface area contributed by atoms with Crippen LogP contribution in [-0.4, -0.2) is 29.9 Å². The second kappa shape index (κ2) is 6.45. The molecule has 0 aliphatic carbocycles. The number of fused-ring (bicyclic) bond motifs is 2. The molecule has 138 valence electrons. The lowest BCUT2D eigenvalue weighted by Gasteiger charge is -2.17. The summed E-state index contributed by atoms with van der Waals surface area (Å²) in [5.41, 5.74) is 4.74. The molecule has 3 heterocycles. The summed E-state index contributed by atoms with van der Waals surface area (Å²) in [5, 5.41) is 13.8. The Morgan fingerprint density at radius 3 is 2.89 bits per heavy atom. The third-order valence-electron chi connectivity index (χ3n) is 4.85. The van der Waals surface area contributed by atoms with Gasteiger partial charge >= 0.3 is 0 Å². The average molecular weight is 370 g/mol. The summed E-state index contributed by atoms with van der Waals surface area (Å²) in [5.74, 6) is 0.778. The van der Waals surface area contributed by atoms with Crippen LogP contribution >= 0.6 is 0 Å². The molecule has 28 heavy (non-hydrogen) atoms. The molecular formula is C21H18N6O. The smallest absolute Gasteiger partial charge is 0.122 e. The van der Waals surface area contributed by atoms with E-state index in [1.807, 2.05) is 69.0 Å². The van der Waals surface area contributed by atoms with Crippen molar-refractivity contribution in [3.63, 3.8) is 0 Å². The summed E-state index contributed by atoms with van der Waals surface area (Å²) in [6, 6.07) is 12.0. The first-order valence-electron chi connectivity index (χ1n) is 9.01. The van der Waals surface area contributed by atoms with Crippen LogP contribution < -0.4 is 4.74 Å². The van der Waals surface area contributed by atoms with E-state index in [4.69, 9.17) is 4.74 Å². The van der Waals surface area contributed by atoms with E-state index in [-0.39, 0.29) is 6.10 Å². The van der Waals surface area contributed by atoms with Crippen molar-refractivity contribution < 1.29 is 4.74 Å². The van der Waals surface area contributed by atoms with E-state index >= 15 is 0 Å². The highest BCUT2D eigenvalue weighted by atomic mass is 16.5. The molecule has 0 aliphatic rings. The molecule has 0 radical (unpaired) electrons. The van der Waals surface area contributed by atoms with Crippen molar-refractivity contribution in [2.75, 3.05) is 0 Å². The fraction of sp³-hybridized carbons (Fsp3) is 0.143. The minimum absolute atomic E-state index is 0.152. The number of aryl methyl sites for hydroxylation is 1. The lowest BCUT2D eigenvalue weighted by Crippen LogP contribution is -2.04. The first kappa shape index (κ1) is 16.4. The molecule has 0 aliphatic heterocycles. The predicted molar refractivity (Wildman–Crippen MR) is 107 cm³/mol.